The molecule has 1 heterocycles. The molecule has 1 aliphatic heterocycles. The molecule has 17 heteroatoms. The molecule has 1 fully saturated rings. The van der Waals surface area contributed by atoms with Gasteiger partial charge in [0.25, 0.3) is 0 Å². The Morgan fingerprint density at radius 3 is 1.35 bits per heavy atom. The quantitative estimate of drug-likeness (QED) is 0.144. The van der Waals surface area contributed by atoms with E-state index in [4.69, 9.17) is 64.0 Å². The first-order valence-corrected chi connectivity index (χ1v) is 8.26. The maximum Gasteiger partial charge on any atom is 1.00 e. The Morgan fingerprint density at radius 1 is 0.783 bits per heavy atom. The molecule has 1 aliphatic rings. The first-order chi connectivity index (χ1) is 9.57. The number of aliphatic hydroxyl groups excluding tert-OH is 5. The number of hydrogen-bond acceptors (Lipinski definition) is 8. The summed E-state index contributed by atoms with van der Waals surface area (Å²) >= 11 is 0. The molecule has 0 amide bonds. The fraction of sp³-hybridized carbons (Fsp3) is 1.00. The van der Waals surface area contributed by atoms with Gasteiger partial charge >= 0.3 is 45.2 Å². The van der Waals surface area contributed by atoms with Crippen molar-refractivity contribution >= 4 is 15.6 Å². The monoisotopic (exact) mass is 400 g/mol. The van der Waals surface area contributed by atoms with E-state index in [1.165, 1.54) is 0 Å². The summed E-state index contributed by atoms with van der Waals surface area (Å²) in [7, 11) is -9.28. The summed E-state index contributed by atoms with van der Waals surface area (Å²) in [6.07, 6.45) is -7.04. The molecule has 11 N–H and O–H groups in total. The zero-order valence-electron chi connectivity index (χ0n) is 12.6. The SMILES string of the molecule is O=P(O)(O)O.O=P(O)(O)O.OC[C@H]1O[C@H](O)[C@H](O)[C@@H](O)[C@H]1O.[H-].[Na+]. The average molecular weight is 400 g/mol. The maximum atomic E-state index is 9.12. The first-order valence-electron chi connectivity index (χ1n) is 5.13. The van der Waals surface area contributed by atoms with E-state index in [0.717, 1.165) is 0 Å². The van der Waals surface area contributed by atoms with Gasteiger partial charge in [-0.25, -0.2) is 9.13 Å². The third kappa shape index (κ3) is 19.2. The zero-order chi connectivity index (χ0) is 18.3. The van der Waals surface area contributed by atoms with Crippen molar-refractivity contribution in [1.29, 1.82) is 0 Å². The van der Waals surface area contributed by atoms with E-state index in [-0.39, 0.29) is 31.0 Å². The van der Waals surface area contributed by atoms with Gasteiger partial charge in [-0.05, 0) is 0 Å². The van der Waals surface area contributed by atoms with E-state index in [0.29, 0.717) is 0 Å². The second-order valence-corrected chi connectivity index (χ2v) is 5.80. The molecule has 0 radical (unpaired) electrons. The van der Waals surface area contributed by atoms with Crippen LogP contribution in [0.25, 0.3) is 0 Å². The summed E-state index contributed by atoms with van der Waals surface area (Å²) in [5.41, 5.74) is 0. The molecule has 0 aromatic carbocycles. The van der Waals surface area contributed by atoms with Crippen LogP contribution < -0.4 is 29.6 Å². The number of aliphatic hydroxyl groups is 5. The molecule has 0 saturated carbocycles. The minimum absolute atomic E-state index is 0. The van der Waals surface area contributed by atoms with Gasteiger partial charge in [-0.2, -0.15) is 0 Å². The maximum absolute atomic E-state index is 9.12. The fourth-order valence-corrected chi connectivity index (χ4v) is 1.08. The Kier molecular flexibility index (Phi) is 15.5. The summed E-state index contributed by atoms with van der Waals surface area (Å²) in [6.45, 7) is -0.526. The number of hydrogen-bond donors (Lipinski definition) is 11. The van der Waals surface area contributed by atoms with Crippen LogP contribution in [0.15, 0.2) is 0 Å². The van der Waals surface area contributed by atoms with E-state index in [1.54, 1.807) is 0 Å². The van der Waals surface area contributed by atoms with Gasteiger partial charge in [0.2, 0.25) is 0 Å². The van der Waals surface area contributed by atoms with Crippen molar-refractivity contribution in [3.05, 3.63) is 0 Å². The van der Waals surface area contributed by atoms with Gasteiger partial charge in [0.15, 0.2) is 6.29 Å². The summed E-state index contributed by atoms with van der Waals surface area (Å²) in [6, 6.07) is 0. The van der Waals surface area contributed by atoms with E-state index >= 15 is 0 Å². The van der Waals surface area contributed by atoms with Gasteiger partial charge in [0, 0.05) is 0 Å². The number of phosphoric acid groups is 2. The summed E-state index contributed by atoms with van der Waals surface area (Å²) in [4.78, 5) is 43.1. The van der Waals surface area contributed by atoms with Crippen LogP contribution in [0.2, 0.25) is 0 Å². The minimum Gasteiger partial charge on any atom is -1.00 e. The van der Waals surface area contributed by atoms with Crippen LogP contribution in [0, 0.1) is 0 Å². The predicted octanol–water partition coefficient (Wildman–Crippen LogP) is -7.96. The van der Waals surface area contributed by atoms with Crippen LogP contribution in [-0.2, 0) is 13.9 Å². The van der Waals surface area contributed by atoms with Crippen molar-refractivity contribution < 1.29 is 99.7 Å². The van der Waals surface area contributed by atoms with Gasteiger partial charge < -0.3 is 61.1 Å². The Hall–Kier alpha value is 0.980. The van der Waals surface area contributed by atoms with Crippen molar-refractivity contribution in [3.63, 3.8) is 0 Å². The molecule has 0 unspecified atom stereocenters. The van der Waals surface area contributed by atoms with Gasteiger partial charge in [-0.3, -0.25) is 0 Å². The van der Waals surface area contributed by atoms with E-state index in [9.17, 15) is 0 Å². The molecule has 0 bridgehead atoms. The summed E-state index contributed by atoms with van der Waals surface area (Å²) in [5, 5.41) is 44.7. The fourth-order valence-electron chi connectivity index (χ4n) is 1.08. The van der Waals surface area contributed by atoms with Crippen LogP contribution in [0.3, 0.4) is 0 Å². The number of ether oxygens (including phenoxy) is 1. The smallest absolute Gasteiger partial charge is 1.00 e. The van der Waals surface area contributed by atoms with Crippen LogP contribution in [0.1, 0.15) is 1.43 Å². The molecule has 138 valence electrons. The molecule has 23 heavy (non-hydrogen) atoms. The average Bonchev–Trinajstić information content (AvgIpc) is 2.27. The molecule has 1 rings (SSSR count). The van der Waals surface area contributed by atoms with Crippen molar-refractivity contribution in [1.82, 2.24) is 0 Å². The Balaban J connectivity index is -0.000000142. The summed E-state index contributed by atoms with van der Waals surface area (Å²) in [5.74, 6) is 0. The molecule has 0 aromatic rings. The second kappa shape index (κ2) is 12.4. The van der Waals surface area contributed by atoms with Crippen molar-refractivity contribution in [2.24, 2.45) is 0 Å². The van der Waals surface area contributed by atoms with Crippen LogP contribution >= 0.6 is 15.6 Å². The Labute approximate surface area is 152 Å². The Bertz CT molecular complexity index is 359. The normalized spacial score (nSPS) is 30.8. The third-order valence-corrected chi connectivity index (χ3v) is 1.87. The van der Waals surface area contributed by atoms with Crippen molar-refractivity contribution in [2.45, 2.75) is 30.7 Å². The molecular weight excluding hydrogens is 381 g/mol. The molecule has 0 aromatic heterocycles. The predicted molar refractivity (Wildman–Crippen MR) is 65.6 cm³/mol. The van der Waals surface area contributed by atoms with Crippen LogP contribution in [0.5, 0.6) is 0 Å². The van der Waals surface area contributed by atoms with Gasteiger partial charge in [0.05, 0.1) is 6.61 Å². The largest absolute Gasteiger partial charge is 1.00 e. The van der Waals surface area contributed by atoms with Gasteiger partial charge in [0.1, 0.15) is 24.4 Å². The standard InChI is InChI=1S/C6H12O6.Na.2H3O4P.H/c7-1-2-3(8)4(9)5(10)6(11)12-2;;2*1-5(2,3)4;/h2-11H,1H2;;2*(H3,1,2,3,4);/q;+1;;;-1/t2-,3+,4+,5-,6+;;;;/m1..../s1. The molecular formula is C6H19NaO14P2. The van der Waals surface area contributed by atoms with Gasteiger partial charge in [-0.15, -0.1) is 0 Å². The topological polar surface area (TPSA) is 266 Å². The first kappa shape index (κ1) is 28.8. The Morgan fingerprint density at radius 2 is 1.09 bits per heavy atom. The number of rotatable bonds is 1. The van der Waals surface area contributed by atoms with E-state index in [2.05, 4.69) is 4.74 Å². The molecule has 0 spiro atoms. The van der Waals surface area contributed by atoms with Crippen molar-refractivity contribution in [2.75, 3.05) is 6.61 Å². The third-order valence-electron chi connectivity index (χ3n) is 1.87. The van der Waals surface area contributed by atoms with Crippen LogP contribution in [0.4, 0.5) is 0 Å². The summed E-state index contributed by atoms with van der Waals surface area (Å²) < 4.78 is 22.3. The molecule has 0 aliphatic carbocycles. The molecule has 14 nitrogen and oxygen atoms in total. The molecule has 5 atom stereocenters. The minimum atomic E-state index is -4.64. The van der Waals surface area contributed by atoms with E-state index in [1.807, 2.05) is 0 Å². The van der Waals surface area contributed by atoms with Gasteiger partial charge in [-0.1, -0.05) is 0 Å². The zero-order valence-corrected chi connectivity index (χ0v) is 15.4. The van der Waals surface area contributed by atoms with E-state index < -0.39 is 53.0 Å². The van der Waals surface area contributed by atoms with Crippen molar-refractivity contribution in [3.8, 4) is 0 Å². The second-order valence-electron chi connectivity index (χ2n) is 3.75. The molecule has 1 saturated heterocycles. The van der Waals surface area contributed by atoms with Crippen LogP contribution in [-0.4, -0.2) is 92.2 Å².